The van der Waals surface area contributed by atoms with Crippen LogP contribution in [0.5, 0.6) is 0 Å². The molecule has 4 aromatic heterocycles. The van der Waals surface area contributed by atoms with Crippen LogP contribution in [0.2, 0.25) is 0 Å². The normalized spacial score (nSPS) is 11.6. The smallest absolute Gasteiger partial charge is 0.190 e. The number of fused-ring (bicyclic) bond motifs is 3. The number of nitrogen functional groups attached to an aromatic ring is 1. The fraction of sp³-hybridized carbons (Fsp3) is 0.100. The van der Waals surface area contributed by atoms with Gasteiger partial charge in [-0.25, -0.2) is 9.97 Å². The highest BCUT2D eigenvalue weighted by Gasteiger charge is 2.16. The molecular weight excluding hydrogens is 246 g/mol. The van der Waals surface area contributed by atoms with Crippen LogP contribution in [0.3, 0.4) is 0 Å². The average Bonchev–Trinajstić information content (AvgIpc) is 3.08. The van der Waals surface area contributed by atoms with Gasteiger partial charge in [-0.1, -0.05) is 0 Å². The molecule has 0 amide bonds. The standard InChI is InChI=1S/C10H9N9/c1-18-7(11)5(2-15-18)9-16-17-10-6-8(13-3-12-6)14-4-19(9)10/h2-4H,11H2,1H3,(H,12,13). The van der Waals surface area contributed by atoms with Crippen LogP contribution in [0.15, 0.2) is 18.9 Å². The second kappa shape index (κ2) is 3.28. The van der Waals surface area contributed by atoms with Crippen LogP contribution >= 0.6 is 0 Å². The summed E-state index contributed by atoms with van der Waals surface area (Å²) in [5.41, 5.74) is 8.67. The van der Waals surface area contributed by atoms with Crippen molar-refractivity contribution in [2.24, 2.45) is 7.05 Å². The van der Waals surface area contributed by atoms with Crippen LogP contribution < -0.4 is 5.73 Å². The Bertz CT molecular complexity index is 896. The first-order valence-corrected chi connectivity index (χ1v) is 5.56. The van der Waals surface area contributed by atoms with Crippen LogP contribution in [0.4, 0.5) is 5.82 Å². The lowest BCUT2D eigenvalue weighted by Gasteiger charge is -1.99. The number of aromatic amines is 1. The molecule has 0 bridgehead atoms. The molecule has 94 valence electrons. The number of aromatic nitrogens is 8. The number of anilines is 1. The molecule has 0 radical (unpaired) electrons. The number of nitrogens with zero attached hydrogens (tertiary/aromatic N) is 7. The molecule has 0 aliphatic carbocycles. The van der Waals surface area contributed by atoms with Crippen molar-refractivity contribution in [2.45, 2.75) is 0 Å². The number of H-pyrrole nitrogens is 1. The van der Waals surface area contributed by atoms with E-state index in [-0.39, 0.29) is 0 Å². The van der Waals surface area contributed by atoms with E-state index in [0.717, 1.165) is 11.1 Å². The van der Waals surface area contributed by atoms with Gasteiger partial charge in [-0.3, -0.25) is 9.08 Å². The van der Waals surface area contributed by atoms with Gasteiger partial charge in [0.05, 0.1) is 18.1 Å². The minimum atomic E-state index is 0.527. The van der Waals surface area contributed by atoms with Crippen LogP contribution in [-0.4, -0.2) is 39.3 Å². The first kappa shape index (κ1) is 10.00. The highest BCUT2D eigenvalue weighted by molar-refractivity contribution is 5.86. The molecule has 0 aliphatic heterocycles. The van der Waals surface area contributed by atoms with Crippen molar-refractivity contribution in [1.29, 1.82) is 0 Å². The SMILES string of the molecule is Cn1ncc(-c2nnc3c4[nH]cnc4ncn23)c1N. The fourth-order valence-corrected chi connectivity index (χ4v) is 2.04. The minimum absolute atomic E-state index is 0.527. The highest BCUT2D eigenvalue weighted by Crippen LogP contribution is 2.24. The molecule has 0 spiro atoms. The summed E-state index contributed by atoms with van der Waals surface area (Å²) in [5, 5.41) is 12.4. The lowest BCUT2D eigenvalue weighted by Crippen LogP contribution is -1.99. The van der Waals surface area contributed by atoms with Crippen LogP contribution in [0.25, 0.3) is 28.2 Å². The number of hydrogen-bond donors (Lipinski definition) is 2. The first-order chi connectivity index (χ1) is 9.25. The second-order valence-corrected chi connectivity index (χ2v) is 4.13. The third-order valence-corrected chi connectivity index (χ3v) is 3.06. The summed E-state index contributed by atoms with van der Waals surface area (Å²) in [5.74, 6) is 1.13. The van der Waals surface area contributed by atoms with Gasteiger partial charge in [-0.05, 0) is 0 Å². The van der Waals surface area contributed by atoms with Crippen LogP contribution in [-0.2, 0) is 7.05 Å². The summed E-state index contributed by atoms with van der Waals surface area (Å²) in [7, 11) is 1.77. The van der Waals surface area contributed by atoms with E-state index in [9.17, 15) is 0 Å². The van der Waals surface area contributed by atoms with E-state index in [0.29, 0.717) is 22.9 Å². The Morgan fingerprint density at radius 1 is 1.26 bits per heavy atom. The Kier molecular flexibility index (Phi) is 1.73. The second-order valence-electron chi connectivity index (χ2n) is 4.13. The maximum atomic E-state index is 5.96. The summed E-state index contributed by atoms with van der Waals surface area (Å²) in [4.78, 5) is 11.3. The van der Waals surface area contributed by atoms with Gasteiger partial charge in [0.2, 0.25) is 0 Å². The topological polar surface area (TPSA) is 116 Å². The van der Waals surface area contributed by atoms with E-state index in [1.165, 1.54) is 0 Å². The number of hydrogen-bond acceptors (Lipinski definition) is 6. The summed E-state index contributed by atoms with van der Waals surface area (Å²) < 4.78 is 3.34. The highest BCUT2D eigenvalue weighted by atomic mass is 15.3. The monoisotopic (exact) mass is 255 g/mol. The predicted molar refractivity (Wildman–Crippen MR) is 67.0 cm³/mol. The molecule has 4 aromatic rings. The Morgan fingerprint density at radius 2 is 2.16 bits per heavy atom. The van der Waals surface area contributed by atoms with Crippen molar-refractivity contribution >= 4 is 22.6 Å². The molecule has 19 heavy (non-hydrogen) atoms. The van der Waals surface area contributed by atoms with Gasteiger partial charge < -0.3 is 10.7 Å². The Labute approximate surface area is 106 Å². The summed E-state index contributed by atoms with van der Waals surface area (Å²) in [6.45, 7) is 0. The van der Waals surface area contributed by atoms with Gasteiger partial charge in [0.1, 0.15) is 17.7 Å². The van der Waals surface area contributed by atoms with E-state index >= 15 is 0 Å². The third-order valence-electron chi connectivity index (χ3n) is 3.06. The van der Waals surface area contributed by atoms with Gasteiger partial charge in [0.25, 0.3) is 0 Å². The van der Waals surface area contributed by atoms with E-state index in [1.807, 2.05) is 0 Å². The van der Waals surface area contributed by atoms with Crippen molar-refractivity contribution in [3.05, 3.63) is 18.9 Å². The maximum Gasteiger partial charge on any atom is 0.190 e. The van der Waals surface area contributed by atoms with Crippen molar-refractivity contribution in [1.82, 2.24) is 39.3 Å². The lowest BCUT2D eigenvalue weighted by molar-refractivity contribution is 0.779. The van der Waals surface area contributed by atoms with Gasteiger partial charge in [0.15, 0.2) is 17.1 Å². The summed E-state index contributed by atoms with van der Waals surface area (Å²) >= 11 is 0. The van der Waals surface area contributed by atoms with Crippen LogP contribution in [0.1, 0.15) is 0 Å². The molecule has 0 fully saturated rings. The molecular formula is C10H9N9. The van der Waals surface area contributed by atoms with Crippen LogP contribution in [0, 0.1) is 0 Å². The molecule has 4 heterocycles. The molecule has 0 saturated heterocycles. The van der Waals surface area contributed by atoms with E-state index in [4.69, 9.17) is 5.73 Å². The molecule has 0 aliphatic rings. The van der Waals surface area contributed by atoms with Gasteiger partial charge in [-0.2, -0.15) is 5.10 Å². The molecule has 3 N–H and O–H groups in total. The first-order valence-electron chi connectivity index (χ1n) is 5.56. The lowest BCUT2D eigenvalue weighted by atomic mass is 10.3. The molecule has 9 heteroatoms. The number of nitrogens with one attached hydrogen (secondary N) is 1. The zero-order valence-corrected chi connectivity index (χ0v) is 9.94. The number of imidazole rings is 1. The molecule has 4 rings (SSSR count). The average molecular weight is 255 g/mol. The number of aryl methyl sites for hydroxylation is 1. The molecule has 0 unspecified atom stereocenters. The van der Waals surface area contributed by atoms with E-state index in [2.05, 4.69) is 30.2 Å². The quantitative estimate of drug-likeness (QED) is 0.494. The van der Waals surface area contributed by atoms with E-state index in [1.54, 1.807) is 35.0 Å². The van der Waals surface area contributed by atoms with Crippen molar-refractivity contribution in [3.8, 4) is 11.4 Å². The fourth-order valence-electron chi connectivity index (χ4n) is 2.04. The van der Waals surface area contributed by atoms with Crippen molar-refractivity contribution in [2.75, 3.05) is 5.73 Å². The molecule has 9 nitrogen and oxygen atoms in total. The van der Waals surface area contributed by atoms with Crippen molar-refractivity contribution in [3.63, 3.8) is 0 Å². The summed E-state index contributed by atoms with van der Waals surface area (Å²) in [6, 6.07) is 0. The molecule has 0 atom stereocenters. The Hall–Kier alpha value is -2.97. The minimum Gasteiger partial charge on any atom is -0.383 e. The maximum absolute atomic E-state index is 5.96. The zero-order valence-electron chi connectivity index (χ0n) is 9.94. The predicted octanol–water partition coefficient (Wildman–Crippen LogP) is -0.0167. The van der Waals surface area contributed by atoms with Gasteiger partial charge in [0, 0.05) is 7.05 Å². The zero-order chi connectivity index (χ0) is 13.0. The largest absolute Gasteiger partial charge is 0.383 e. The number of rotatable bonds is 1. The van der Waals surface area contributed by atoms with Gasteiger partial charge in [-0.15, -0.1) is 10.2 Å². The number of nitrogens with two attached hydrogens (primary N) is 1. The molecule has 0 aromatic carbocycles. The molecule has 0 saturated carbocycles. The Balaban J connectivity index is 2.08. The van der Waals surface area contributed by atoms with E-state index < -0.39 is 0 Å². The Morgan fingerprint density at radius 3 is 2.95 bits per heavy atom. The van der Waals surface area contributed by atoms with Crippen molar-refractivity contribution < 1.29 is 0 Å². The summed E-state index contributed by atoms with van der Waals surface area (Å²) in [6.07, 6.45) is 4.85. The third kappa shape index (κ3) is 1.20. The van der Waals surface area contributed by atoms with Gasteiger partial charge >= 0.3 is 0 Å².